The fourth-order valence-electron chi connectivity index (χ4n) is 2.71. The highest BCUT2D eigenvalue weighted by Gasteiger charge is 2.21. The van der Waals surface area contributed by atoms with Crippen LogP contribution in [0.5, 0.6) is 5.75 Å². The van der Waals surface area contributed by atoms with E-state index in [0.29, 0.717) is 6.42 Å². The summed E-state index contributed by atoms with van der Waals surface area (Å²) in [6, 6.07) is 10.6. The molecule has 0 aliphatic carbocycles. The van der Waals surface area contributed by atoms with Crippen molar-refractivity contribution in [2.75, 3.05) is 7.11 Å². The highest BCUT2D eigenvalue weighted by atomic mass is 16.5. The number of carbonyl (C=O) groups excluding carboxylic acids is 1. The molecule has 1 atom stereocenters. The van der Waals surface area contributed by atoms with Crippen LogP contribution in [0.1, 0.15) is 25.8 Å². The van der Waals surface area contributed by atoms with E-state index in [2.05, 4.69) is 5.32 Å². The number of hydrogen-bond donors (Lipinski definition) is 2. The first-order valence-electron chi connectivity index (χ1n) is 7.98. The Labute approximate surface area is 141 Å². The largest absolute Gasteiger partial charge is 0.497 e. The van der Waals surface area contributed by atoms with Crippen LogP contribution < -0.4 is 10.1 Å². The maximum absolute atomic E-state index is 12.3. The molecule has 1 unspecified atom stereocenters. The lowest BCUT2D eigenvalue weighted by molar-refractivity contribution is -0.142. The van der Waals surface area contributed by atoms with Crippen LogP contribution in [0.2, 0.25) is 0 Å². The van der Waals surface area contributed by atoms with E-state index in [1.54, 1.807) is 7.11 Å². The van der Waals surface area contributed by atoms with Crippen LogP contribution in [0, 0.1) is 5.92 Å². The van der Waals surface area contributed by atoms with Gasteiger partial charge >= 0.3 is 5.97 Å². The summed E-state index contributed by atoms with van der Waals surface area (Å²) in [5, 5.41) is 13.8. The summed E-state index contributed by atoms with van der Waals surface area (Å²) < 4.78 is 5.24. The number of hydrogen-bond acceptors (Lipinski definition) is 3. The molecule has 0 spiro atoms. The van der Waals surface area contributed by atoms with Crippen molar-refractivity contribution in [1.82, 2.24) is 5.32 Å². The number of fused-ring (bicyclic) bond motifs is 1. The molecule has 2 rings (SSSR count). The highest BCUT2D eigenvalue weighted by Crippen LogP contribution is 2.24. The first-order chi connectivity index (χ1) is 11.4. The molecule has 0 saturated carbocycles. The van der Waals surface area contributed by atoms with Gasteiger partial charge in [0.05, 0.1) is 13.5 Å². The summed E-state index contributed by atoms with van der Waals surface area (Å²) in [6.45, 7) is 3.86. The Kier molecular flexibility index (Phi) is 5.79. The van der Waals surface area contributed by atoms with Gasteiger partial charge in [-0.05, 0) is 40.8 Å². The molecule has 128 valence electrons. The molecule has 0 bridgehead atoms. The van der Waals surface area contributed by atoms with Gasteiger partial charge in [0.25, 0.3) is 0 Å². The van der Waals surface area contributed by atoms with Crippen LogP contribution in [0.15, 0.2) is 36.4 Å². The topological polar surface area (TPSA) is 75.6 Å². The van der Waals surface area contributed by atoms with Crippen LogP contribution in [0.4, 0.5) is 0 Å². The Hall–Kier alpha value is -2.56. The normalized spacial score (nSPS) is 12.2. The van der Waals surface area contributed by atoms with Gasteiger partial charge < -0.3 is 15.2 Å². The van der Waals surface area contributed by atoms with E-state index < -0.39 is 12.0 Å². The van der Waals surface area contributed by atoms with Gasteiger partial charge in [-0.3, -0.25) is 4.79 Å². The number of rotatable bonds is 7. The minimum Gasteiger partial charge on any atom is -0.497 e. The predicted octanol–water partition coefficient (Wildman–Crippen LogP) is 3.01. The number of ether oxygens (including phenoxy) is 1. The van der Waals surface area contributed by atoms with Gasteiger partial charge in [-0.2, -0.15) is 0 Å². The van der Waals surface area contributed by atoms with Gasteiger partial charge in [-0.25, -0.2) is 4.79 Å². The smallest absolute Gasteiger partial charge is 0.326 e. The van der Waals surface area contributed by atoms with Crippen LogP contribution in [0.3, 0.4) is 0 Å². The molecule has 0 aromatic heterocycles. The third kappa shape index (κ3) is 4.47. The van der Waals surface area contributed by atoms with Crippen molar-refractivity contribution in [2.24, 2.45) is 5.92 Å². The molecule has 5 nitrogen and oxygen atoms in total. The number of benzene rings is 2. The Balaban J connectivity index is 2.19. The van der Waals surface area contributed by atoms with Crippen LogP contribution in [0.25, 0.3) is 10.8 Å². The number of methoxy groups -OCH3 is 1. The van der Waals surface area contributed by atoms with Gasteiger partial charge in [0.15, 0.2) is 0 Å². The standard InChI is InChI=1S/C19H23NO4/c1-12(2)9-17(19(22)23)20-18(21)10-14-6-4-5-13-7-8-15(24-3)11-16(13)14/h4-8,11-12,17H,9-10H2,1-3H3,(H,20,21)(H,22,23). The minimum absolute atomic E-state index is 0.131. The summed E-state index contributed by atoms with van der Waals surface area (Å²) in [4.78, 5) is 23.6. The Bertz CT molecular complexity index is 739. The van der Waals surface area contributed by atoms with Crippen molar-refractivity contribution in [1.29, 1.82) is 0 Å². The Morgan fingerprint density at radius 1 is 1.21 bits per heavy atom. The van der Waals surface area contributed by atoms with Crippen molar-refractivity contribution in [3.63, 3.8) is 0 Å². The first kappa shape index (κ1) is 17.8. The molecule has 0 fully saturated rings. The van der Waals surface area contributed by atoms with Crippen molar-refractivity contribution in [2.45, 2.75) is 32.7 Å². The van der Waals surface area contributed by atoms with E-state index in [0.717, 1.165) is 22.1 Å². The maximum atomic E-state index is 12.3. The van der Waals surface area contributed by atoms with Crippen molar-refractivity contribution in [3.05, 3.63) is 42.0 Å². The fraction of sp³-hybridized carbons (Fsp3) is 0.368. The Morgan fingerprint density at radius 3 is 2.58 bits per heavy atom. The highest BCUT2D eigenvalue weighted by molar-refractivity contribution is 5.92. The SMILES string of the molecule is COc1ccc2cccc(CC(=O)NC(CC(C)C)C(=O)O)c2c1. The second-order valence-electron chi connectivity index (χ2n) is 6.27. The molecule has 1 amide bonds. The molecule has 2 aromatic carbocycles. The van der Waals surface area contributed by atoms with Crippen LogP contribution >= 0.6 is 0 Å². The van der Waals surface area contributed by atoms with E-state index in [9.17, 15) is 14.7 Å². The quantitative estimate of drug-likeness (QED) is 0.819. The van der Waals surface area contributed by atoms with Crippen molar-refractivity contribution in [3.8, 4) is 5.75 Å². The number of carboxylic acids is 1. The molecule has 0 aliphatic heterocycles. The summed E-state index contributed by atoms with van der Waals surface area (Å²) in [6.07, 6.45) is 0.539. The molecule has 0 saturated heterocycles. The molecular formula is C19H23NO4. The van der Waals surface area contributed by atoms with E-state index in [1.807, 2.05) is 50.2 Å². The number of amides is 1. The number of nitrogens with one attached hydrogen (secondary N) is 1. The molecule has 5 heteroatoms. The molecule has 0 heterocycles. The van der Waals surface area contributed by atoms with E-state index in [1.165, 1.54) is 0 Å². The van der Waals surface area contributed by atoms with Gasteiger partial charge in [-0.15, -0.1) is 0 Å². The fourth-order valence-corrected chi connectivity index (χ4v) is 2.71. The number of carbonyl (C=O) groups is 2. The lowest BCUT2D eigenvalue weighted by Gasteiger charge is -2.17. The molecule has 2 aromatic rings. The zero-order valence-electron chi connectivity index (χ0n) is 14.2. The second-order valence-corrected chi connectivity index (χ2v) is 6.27. The third-order valence-corrected chi connectivity index (χ3v) is 3.87. The third-order valence-electron chi connectivity index (χ3n) is 3.87. The number of aliphatic carboxylic acids is 1. The van der Waals surface area contributed by atoms with Crippen molar-refractivity contribution < 1.29 is 19.4 Å². The van der Waals surface area contributed by atoms with Crippen molar-refractivity contribution >= 4 is 22.6 Å². The van der Waals surface area contributed by atoms with Crippen LogP contribution in [-0.2, 0) is 16.0 Å². The second kappa shape index (κ2) is 7.81. The van der Waals surface area contributed by atoms with Gasteiger partial charge in [0.1, 0.15) is 11.8 Å². The monoisotopic (exact) mass is 329 g/mol. The minimum atomic E-state index is -1.00. The lowest BCUT2D eigenvalue weighted by atomic mass is 10.0. The summed E-state index contributed by atoms with van der Waals surface area (Å²) >= 11 is 0. The zero-order chi connectivity index (χ0) is 17.7. The average molecular weight is 329 g/mol. The lowest BCUT2D eigenvalue weighted by Crippen LogP contribution is -2.42. The first-order valence-corrected chi connectivity index (χ1v) is 7.98. The molecule has 0 aliphatic rings. The van der Waals surface area contributed by atoms with Gasteiger partial charge in [0.2, 0.25) is 5.91 Å². The molecule has 24 heavy (non-hydrogen) atoms. The summed E-state index contributed by atoms with van der Waals surface area (Å²) in [5.74, 6) is -0.387. The summed E-state index contributed by atoms with van der Waals surface area (Å²) in [5.41, 5.74) is 0.845. The molecule has 2 N–H and O–H groups in total. The van der Waals surface area contributed by atoms with E-state index in [4.69, 9.17) is 4.74 Å². The van der Waals surface area contributed by atoms with Gasteiger partial charge in [0, 0.05) is 0 Å². The zero-order valence-corrected chi connectivity index (χ0v) is 14.2. The maximum Gasteiger partial charge on any atom is 0.326 e. The van der Waals surface area contributed by atoms with Gasteiger partial charge in [-0.1, -0.05) is 38.1 Å². The Morgan fingerprint density at radius 2 is 1.96 bits per heavy atom. The van der Waals surface area contributed by atoms with E-state index in [-0.39, 0.29) is 18.2 Å². The number of carboxylic acid groups (broad SMARTS) is 1. The van der Waals surface area contributed by atoms with Crippen LogP contribution in [-0.4, -0.2) is 30.1 Å². The predicted molar refractivity (Wildman–Crippen MR) is 93.2 cm³/mol. The molecular weight excluding hydrogens is 306 g/mol. The molecule has 0 radical (unpaired) electrons. The summed E-state index contributed by atoms with van der Waals surface area (Å²) in [7, 11) is 1.60. The van der Waals surface area contributed by atoms with E-state index >= 15 is 0 Å². The average Bonchev–Trinajstić information content (AvgIpc) is 2.53.